The van der Waals surface area contributed by atoms with E-state index in [9.17, 15) is 10.4 Å². The number of nitrogens with zero attached hydrogens (tertiary/aromatic N) is 2. The van der Waals surface area contributed by atoms with E-state index in [1.54, 1.807) is 0 Å². The van der Waals surface area contributed by atoms with Crippen molar-refractivity contribution in [2.45, 2.75) is 0 Å². The van der Waals surface area contributed by atoms with Gasteiger partial charge in [-0.1, -0.05) is 120 Å². The molecular formula is C26H20N2O2. The normalized spacial score (nSPS) is 12.0. The van der Waals surface area contributed by atoms with E-state index < -0.39 is 0 Å². The van der Waals surface area contributed by atoms with Gasteiger partial charge in [-0.2, -0.15) is 0 Å². The summed E-state index contributed by atoms with van der Waals surface area (Å²) in [7, 11) is 0. The molecule has 0 bridgehead atoms. The molecule has 146 valence electrons. The molecule has 4 heteroatoms. The quantitative estimate of drug-likeness (QED) is 0.246. The molecule has 0 aliphatic rings. The molecule has 0 aliphatic carbocycles. The Morgan fingerprint density at radius 1 is 0.400 bits per heavy atom. The summed E-state index contributed by atoms with van der Waals surface area (Å²) >= 11 is 0. The fraction of sp³-hybridized carbons (Fsp3) is 0. The molecule has 4 rings (SSSR count). The number of rotatable bonds is 5. The molecule has 0 aliphatic heterocycles. The maximum absolute atomic E-state index is 9.66. The molecule has 4 aromatic rings. The van der Waals surface area contributed by atoms with Crippen LogP contribution >= 0.6 is 0 Å². The van der Waals surface area contributed by atoms with Crippen LogP contribution in [0.15, 0.2) is 120 Å². The van der Waals surface area contributed by atoms with Gasteiger partial charge in [0.1, 0.15) is 11.4 Å². The van der Waals surface area contributed by atoms with E-state index in [1.807, 2.05) is 109 Å². The molecule has 2 N–H and O–H groups in total. The number of oxime groups is 2. The van der Waals surface area contributed by atoms with Crippen molar-refractivity contribution in [1.82, 2.24) is 0 Å². The van der Waals surface area contributed by atoms with Crippen LogP contribution < -0.4 is 0 Å². The molecule has 0 saturated carbocycles. The highest BCUT2D eigenvalue weighted by atomic mass is 16.4. The van der Waals surface area contributed by atoms with Gasteiger partial charge in [-0.05, 0) is 22.3 Å². The highest BCUT2D eigenvalue weighted by Gasteiger charge is 2.16. The van der Waals surface area contributed by atoms with Crippen molar-refractivity contribution in [2.75, 3.05) is 0 Å². The third-order valence-corrected chi connectivity index (χ3v) is 4.96. The predicted octanol–water partition coefficient (Wildman–Crippen LogP) is 6.08. The lowest BCUT2D eigenvalue weighted by Gasteiger charge is -2.10. The molecule has 0 radical (unpaired) electrons. The largest absolute Gasteiger partial charge is 0.410 e. The fourth-order valence-corrected chi connectivity index (χ4v) is 3.39. The average molecular weight is 392 g/mol. The summed E-state index contributed by atoms with van der Waals surface area (Å²) in [4.78, 5) is 0. The van der Waals surface area contributed by atoms with Gasteiger partial charge < -0.3 is 10.4 Å². The summed E-state index contributed by atoms with van der Waals surface area (Å²) in [6, 6.07) is 35.2. The molecule has 0 spiro atoms. The molecule has 0 heterocycles. The van der Waals surface area contributed by atoms with Crippen molar-refractivity contribution in [1.29, 1.82) is 0 Å². The Morgan fingerprint density at radius 3 is 1.00 bits per heavy atom. The van der Waals surface area contributed by atoms with E-state index in [1.165, 1.54) is 0 Å². The number of hydrogen-bond acceptors (Lipinski definition) is 4. The van der Waals surface area contributed by atoms with Gasteiger partial charge in [0.15, 0.2) is 0 Å². The Morgan fingerprint density at radius 2 is 0.700 bits per heavy atom. The van der Waals surface area contributed by atoms with Crippen molar-refractivity contribution in [3.8, 4) is 22.3 Å². The van der Waals surface area contributed by atoms with Gasteiger partial charge in [0, 0.05) is 11.1 Å². The van der Waals surface area contributed by atoms with Crippen LogP contribution in [-0.4, -0.2) is 21.8 Å². The summed E-state index contributed by atoms with van der Waals surface area (Å²) in [5.41, 5.74) is 5.99. The van der Waals surface area contributed by atoms with Gasteiger partial charge in [-0.15, -0.1) is 0 Å². The van der Waals surface area contributed by atoms with Crippen LogP contribution in [0.3, 0.4) is 0 Å². The third kappa shape index (κ3) is 3.98. The predicted molar refractivity (Wildman–Crippen MR) is 120 cm³/mol. The standard InChI is InChI=1S/C26H20N2O2/c29-27-25(23-15-11-21(12-16-23)19-7-3-1-4-8-19)26(28-30)24-17-13-22(14-18-24)20-9-5-2-6-10-20/h1-18,29-30H/b27-25+,28-26+. The summed E-state index contributed by atoms with van der Waals surface area (Å²) in [6.07, 6.45) is 0. The topological polar surface area (TPSA) is 65.2 Å². The zero-order valence-corrected chi connectivity index (χ0v) is 16.2. The van der Waals surface area contributed by atoms with E-state index in [0.717, 1.165) is 22.3 Å². The van der Waals surface area contributed by atoms with Gasteiger partial charge in [-0.3, -0.25) is 0 Å². The Bertz CT molecular complexity index is 1070. The molecule has 0 unspecified atom stereocenters. The van der Waals surface area contributed by atoms with Gasteiger partial charge in [0.2, 0.25) is 0 Å². The SMILES string of the molecule is O/N=C(/C(=N/O)c1ccc(-c2ccccc2)cc1)c1ccc(-c2ccccc2)cc1. The first-order valence-electron chi connectivity index (χ1n) is 9.56. The van der Waals surface area contributed by atoms with Gasteiger partial charge >= 0.3 is 0 Å². The lowest BCUT2D eigenvalue weighted by Crippen LogP contribution is -2.17. The van der Waals surface area contributed by atoms with Gasteiger partial charge in [0.05, 0.1) is 0 Å². The molecule has 0 atom stereocenters. The van der Waals surface area contributed by atoms with Crippen LogP contribution in [0.2, 0.25) is 0 Å². The minimum absolute atomic E-state index is 0.199. The lowest BCUT2D eigenvalue weighted by molar-refractivity contribution is 0.314. The van der Waals surface area contributed by atoms with Crippen molar-refractivity contribution >= 4 is 11.4 Å². The maximum atomic E-state index is 9.66. The van der Waals surface area contributed by atoms with Gasteiger partial charge in [-0.25, -0.2) is 0 Å². The summed E-state index contributed by atoms with van der Waals surface area (Å²) in [5, 5.41) is 26.1. The van der Waals surface area contributed by atoms with E-state index in [4.69, 9.17) is 0 Å². The first-order valence-corrected chi connectivity index (χ1v) is 9.56. The van der Waals surface area contributed by atoms with Crippen LogP contribution in [0.25, 0.3) is 22.3 Å². The van der Waals surface area contributed by atoms with Crippen molar-refractivity contribution < 1.29 is 10.4 Å². The molecule has 4 nitrogen and oxygen atoms in total. The van der Waals surface area contributed by atoms with Crippen LogP contribution in [0.5, 0.6) is 0 Å². The van der Waals surface area contributed by atoms with Gasteiger partial charge in [0.25, 0.3) is 0 Å². The molecular weight excluding hydrogens is 372 g/mol. The van der Waals surface area contributed by atoms with E-state index in [0.29, 0.717) is 11.1 Å². The second-order valence-corrected chi connectivity index (χ2v) is 6.78. The Labute approximate surface area is 175 Å². The van der Waals surface area contributed by atoms with Crippen LogP contribution in [0.4, 0.5) is 0 Å². The Kier molecular flexibility index (Phi) is 5.67. The summed E-state index contributed by atoms with van der Waals surface area (Å²) in [5.74, 6) is 0. The van der Waals surface area contributed by atoms with Crippen molar-refractivity contribution in [3.63, 3.8) is 0 Å². The average Bonchev–Trinajstić information content (AvgIpc) is 2.84. The zero-order valence-electron chi connectivity index (χ0n) is 16.2. The molecule has 0 aromatic heterocycles. The molecule has 4 aromatic carbocycles. The van der Waals surface area contributed by atoms with E-state index in [-0.39, 0.29) is 11.4 Å². The van der Waals surface area contributed by atoms with Crippen LogP contribution in [0, 0.1) is 0 Å². The minimum Gasteiger partial charge on any atom is -0.410 e. The number of hydrogen-bond donors (Lipinski definition) is 2. The second-order valence-electron chi connectivity index (χ2n) is 6.78. The molecule has 0 saturated heterocycles. The first kappa shape index (κ1) is 19.2. The highest BCUT2D eigenvalue weighted by Crippen LogP contribution is 2.22. The molecule has 0 fully saturated rings. The van der Waals surface area contributed by atoms with Crippen LogP contribution in [-0.2, 0) is 0 Å². The van der Waals surface area contributed by atoms with Crippen LogP contribution in [0.1, 0.15) is 11.1 Å². The summed E-state index contributed by atoms with van der Waals surface area (Å²) < 4.78 is 0. The second kappa shape index (κ2) is 8.88. The molecule has 30 heavy (non-hydrogen) atoms. The third-order valence-electron chi connectivity index (χ3n) is 4.96. The highest BCUT2D eigenvalue weighted by molar-refractivity contribution is 6.53. The number of benzene rings is 4. The smallest absolute Gasteiger partial charge is 0.139 e. The van der Waals surface area contributed by atoms with E-state index >= 15 is 0 Å². The zero-order chi connectivity index (χ0) is 20.8. The Balaban J connectivity index is 1.62. The van der Waals surface area contributed by atoms with Crippen molar-refractivity contribution in [3.05, 3.63) is 120 Å². The Hall–Kier alpha value is -4.18. The fourth-order valence-electron chi connectivity index (χ4n) is 3.39. The lowest BCUT2D eigenvalue weighted by atomic mass is 9.96. The minimum atomic E-state index is 0.199. The maximum Gasteiger partial charge on any atom is 0.139 e. The van der Waals surface area contributed by atoms with Crippen molar-refractivity contribution in [2.24, 2.45) is 10.3 Å². The van der Waals surface area contributed by atoms with E-state index in [2.05, 4.69) is 10.3 Å². The molecule has 0 amide bonds. The first-order chi connectivity index (χ1) is 14.8. The monoisotopic (exact) mass is 392 g/mol. The summed E-state index contributed by atoms with van der Waals surface area (Å²) in [6.45, 7) is 0.